The average molecular weight is 239 g/mol. The molecule has 2 rings (SSSR count). The summed E-state index contributed by atoms with van der Waals surface area (Å²) in [6.07, 6.45) is 8.09. The van der Waals surface area contributed by atoms with Gasteiger partial charge in [0.25, 0.3) is 0 Å². The minimum Gasteiger partial charge on any atom is -0.462 e. The molecule has 2 aliphatic rings. The molecule has 0 aromatic carbocycles. The van der Waals surface area contributed by atoms with Crippen molar-refractivity contribution in [3.05, 3.63) is 0 Å². The molecule has 2 fully saturated rings. The van der Waals surface area contributed by atoms with Crippen molar-refractivity contribution in [1.82, 2.24) is 0 Å². The SMILES string of the molecule is CC1CCCCC1OC(=O)C1CCCC1CN. The minimum atomic E-state index is 0.0247. The molecule has 3 heteroatoms. The second-order valence-corrected chi connectivity index (χ2v) is 5.77. The molecule has 98 valence electrons. The molecule has 0 spiro atoms. The number of nitrogens with two attached hydrogens (primary N) is 1. The first kappa shape index (κ1) is 12.9. The van der Waals surface area contributed by atoms with Crippen LogP contribution in [0.2, 0.25) is 0 Å². The fourth-order valence-corrected chi connectivity index (χ4v) is 3.32. The molecule has 0 amide bonds. The molecular weight excluding hydrogens is 214 g/mol. The van der Waals surface area contributed by atoms with Crippen LogP contribution in [0.4, 0.5) is 0 Å². The molecule has 0 heterocycles. The van der Waals surface area contributed by atoms with E-state index in [1.165, 1.54) is 19.3 Å². The van der Waals surface area contributed by atoms with Crippen molar-refractivity contribution >= 4 is 5.97 Å². The Morgan fingerprint density at radius 1 is 1.18 bits per heavy atom. The quantitative estimate of drug-likeness (QED) is 0.770. The fourth-order valence-electron chi connectivity index (χ4n) is 3.32. The molecule has 2 saturated carbocycles. The van der Waals surface area contributed by atoms with Gasteiger partial charge in [-0.25, -0.2) is 0 Å². The smallest absolute Gasteiger partial charge is 0.309 e. The maximum atomic E-state index is 12.2. The summed E-state index contributed by atoms with van der Waals surface area (Å²) in [5.74, 6) is 0.998. The Morgan fingerprint density at radius 3 is 2.65 bits per heavy atom. The largest absolute Gasteiger partial charge is 0.462 e. The molecule has 4 unspecified atom stereocenters. The Labute approximate surface area is 104 Å². The van der Waals surface area contributed by atoms with E-state index in [0.717, 1.165) is 25.7 Å². The molecule has 0 saturated heterocycles. The third kappa shape index (κ3) is 3.01. The summed E-state index contributed by atoms with van der Waals surface area (Å²) in [7, 11) is 0. The zero-order chi connectivity index (χ0) is 12.3. The zero-order valence-electron chi connectivity index (χ0n) is 10.9. The van der Waals surface area contributed by atoms with Gasteiger partial charge in [-0.05, 0) is 50.5 Å². The van der Waals surface area contributed by atoms with Crippen LogP contribution in [-0.2, 0) is 9.53 Å². The van der Waals surface area contributed by atoms with E-state index in [2.05, 4.69) is 6.92 Å². The Bertz CT molecular complexity index is 267. The normalized spacial score (nSPS) is 38.0. The van der Waals surface area contributed by atoms with Gasteiger partial charge in [0.2, 0.25) is 0 Å². The van der Waals surface area contributed by atoms with Gasteiger partial charge < -0.3 is 10.5 Å². The lowest BCUT2D eigenvalue weighted by Gasteiger charge is -2.30. The molecule has 4 atom stereocenters. The monoisotopic (exact) mass is 239 g/mol. The molecule has 0 aliphatic heterocycles. The lowest BCUT2D eigenvalue weighted by atomic mass is 9.87. The highest BCUT2D eigenvalue weighted by atomic mass is 16.5. The van der Waals surface area contributed by atoms with Gasteiger partial charge in [0.05, 0.1) is 5.92 Å². The third-order valence-corrected chi connectivity index (χ3v) is 4.56. The van der Waals surface area contributed by atoms with E-state index in [9.17, 15) is 4.79 Å². The van der Waals surface area contributed by atoms with Crippen molar-refractivity contribution in [2.24, 2.45) is 23.5 Å². The Kier molecular flexibility index (Phi) is 4.43. The van der Waals surface area contributed by atoms with Crippen LogP contribution in [0, 0.1) is 17.8 Å². The number of carbonyl (C=O) groups is 1. The van der Waals surface area contributed by atoms with Gasteiger partial charge >= 0.3 is 5.97 Å². The highest BCUT2D eigenvalue weighted by Crippen LogP contribution is 2.34. The maximum Gasteiger partial charge on any atom is 0.309 e. The van der Waals surface area contributed by atoms with Gasteiger partial charge in [0.1, 0.15) is 6.10 Å². The summed E-state index contributed by atoms with van der Waals surface area (Å²) in [4.78, 5) is 12.2. The number of hydrogen-bond donors (Lipinski definition) is 1. The second kappa shape index (κ2) is 5.85. The van der Waals surface area contributed by atoms with E-state index in [-0.39, 0.29) is 18.0 Å². The van der Waals surface area contributed by atoms with Crippen LogP contribution in [0.25, 0.3) is 0 Å². The molecule has 17 heavy (non-hydrogen) atoms. The van der Waals surface area contributed by atoms with Crippen molar-refractivity contribution in [1.29, 1.82) is 0 Å². The number of ether oxygens (including phenoxy) is 1. The molecule has 0 aromatic heterocycles. The Hall–Kier alpha value is -0.570. The van der Waals surface area contributed by atoms with Crippen molar-refractivity contribution in [2.75, 3.05) is 6.54 Å². The lowest BCUT2D eigenvalue weighted by molar-refractivity contribution is -0.159. The third-order valence-electron chi connectivity index (χ3n) is 4.56. The van der Waals surface area contributed by atoms with Crippen molar-refractivity contribution in [2.45, 2.75) is 58.0 Å². The Morgan fingerprint density at radius 2 is 1.94 bits per heavy atom. The van der Waals surface area contributed by atoms with Crippen LogP contribution in [0.3, 0.4) is 0 Å². The van der Waals surface area contributed by atoms with Crippen LogP contribution in [-0.4, -0.2) is 18.6 Å². The standard InChI is InChI=1S/C14H25NO2/c1-10-5-2-3-8-13(10)17-14(16)12-7-4-6-11(12)9-15/h10-13H,2-9,15H2,1H3. The first-order valence-electron chi connectivity index (χ1n) is 7.13. The minimum absolute atomic E-state index is 0.0247. The van der Waals surface area contributed by atoms with Gasteiger partial charge in [-0.1, -0.05) is 19.8 Å². The van der Waals surface area contributed by atoms with Crippen LogP contribution < -0.4 is 5.73 Å². The molecule has 2 aliphatic carbocycles. The highest BCUT2D eigenvalue weighted by molar-refractivity contribution is 5.73. The molecule has 2 N–H and O–H groups in total. The maximum absolute atomic E-state index is 12.2. The van der Waals surface area contributed by atoms with E-state index < -0.39 is 0 Å². The van der Waals surface area contributed by atoms with Crippen LogP contribution in [0.5, 0.6) is 0 Å². The first-order valence-corrected chi connectivity index (χ1v) is 7.13. The van der Waals surface area contributed by atoms with Crippen molar-refractivity contribution in [3.8, 4) is 0 Å². The zero-order valence-corrected chi connectivity index (χ0v) is 10.9. The molecular formula is C14H25NO2. The molecule has 0 radical (unpaired) electrons. The molecule has 0 aromatic rings. The summed E-state index contributed by atoms with van der Waals surface area (Å²) in [6.45, 7) is 2.83. The fraction of sp³-hybridized carbons (Fsp3) is 0.929. The van der Waals surface area contributed by atoms with Crippen molar-refractivity contribution in [3.63, 3.8) is 0 Å². The predicted molar refractivity (Wildman–Crippen MR) is 67.4 cm³/mol. The molecule has 3 nitrogen and oxygen atoms in total. The van der Waals surface area contributed by atoms with E-state index in [1.807, 2.05) is 0 Å². The number of esters is 1. The van der Waals surface area contributed by atoms with Crippen LogP contribution >= 0.6 is 0 Å². The summed E-state index contributed by atoms with van der Waals surface area (Å²) in [6, 6.07) is 0. The van der Waals surface area contributed by atoms with E-state index >= 15 is 0 Å². The second-order valence-electron chi connectivity index (χ2n) is 5.77. The van der Waals surface area contributed by atoms with Gasteiger partial charge in [-0.15, -0.1) is 0 Å². The lowest BCUT2D eigenvalue weighted by Crippen LogP contribution is -2.33. The first-order chi connectivity index (χ1) is 8.22. The summed E-state index contributed by atoms with van der Waals surface area (Å²) in [5.41, 5.74) is 5.71. The van der Waals surface area contributed by atoms with E-state index in [4.69, 9.17) is 10.5 Å². The number of rotatable bonds is 3. The average Bonchev–Trinajstić information content (AvgIpc) is 2.80. The summed E-state index contributed by atoms with van der Waals surface area (Å²) < 4.78 is 5.73. The Balaban J connectivity index is 1.87. The van der Waals surface area contributed by atoms with Crippen LogP contribution in [0.15, 0.2) is 0 Å². The summed E-state index contributed by atoms with van der Waals surface area (Å²) in [5, 5.41) is 0. The van der Waals surface area contributed by atoms with Gasteiger partial charge in [-0.3, -0.25) is 4.79 Å². The predicted octanol–water partition coefficient (Wildman–Crippen LogP) is 2.48. The number of carbonyl (C=O) groups excluding carboxylic acids is 1. The van der Waals surface area contributed by atoms with Crippen molar-refractivity contribution < 1.29 is 9.53 Å². The van der Waals surface area contributed by atoms with Gasteiger partial charge in [0, 0.05) is 0 Å². The number of hydrogen-bond acceptors (Lipinski definition) is 3. The van der Waals surface area contributed by atoms with E-state index in [0.29, 0.717) is 18.4 Å². The summed E-state index contributed by atoms with van der Waals surface area (Å²) >= 11 is 0. The van der Waals surface area contributed by atoms with E-state index in [1.54, 1.807) is 0 Å². The van der Waals surface area contributed by atoms with Gasteiger partial charge in [-0.2, -0.15) is 0 Å². The molecule has 0 bridgehead atoms. The van der Waals surface area contributed by atoms with Crippen LogP contribution in [0.1, 0.15) is 51.9 Å². The topological polar surface area (TPSA) is 52.3 Å². The highest BCUT2D eigenvalue weighted by Gasteiger charge is 2.35. The van der Waals surface area contributed by atoms with Gasteiger partial charge in [0.15, 0.2) is 0 Å².